The van der Waals surface area contributed by atoms with Crippen molar-refractivity contribution in [3.8, 4) is 5.75 Å². The summed E-state index contributed by atoms with van der Waals surface area (Å²) in [5.41, 5.74) is 0.110. The Morgan fingerprint density at radius 2 is 1.93 bits per heavy atom. The fourth-order valence-corrected chi connectivity index (χ4v) is 2.92. The van der Waals surface area contributed by atoms with Gasteiger partial charge in [0.2, 0.25) is 5.78 Å². The van der Waals surface area contributed by atoms with Gasteiger partial charge in [0.1, 0.15) is 22.8 Å². The zero-order chi connectivity index (χ0) is 21.8. The lowest BCUT2D eigenvalue weighted by molar-refractivity contribution is 0.103. The number of hydrogen-bond donors (Lipinski definition) is 0. The molecule has 0 aliphatic heterocycles. The van der Waals surface area contributed by atoms with E-state index in [1.54, 1.807) is 37.4 Å². The van der Waals surface area contributed by atoms with Crippen LogP contribution in [0.4, 0.5) is 17.6 Å². The van der Waals surface area contributed by atoms with E-state index < -0.39 is 24.2 Å². The van der Waals surface area contributed by atoms with E-state index in [2.05, 4.69) is 10.2 Å². The maximum atomic E-state index is 13.3. The first kappa shape index (κ1) is 21.3. The molecule has 6 nitrogen and oxygen atoms in total. The van der Waals surface area contributed by atoms with Gasteiger partial charge in [-0.15, -0.1) is 0 Å². The van der Waals surface area contributed by atoms with Crippen LogP contribution < -0.4 is 4.74 Å². The van der Waals surface area contributed by atoms with E-state index in [-0.39, 0.29) is 12.3 Å². The maximum absolute atomic E-state index is 13.3. The van der Waals surface area contributed by atoms with Crippen molar-refractivity contribution >= 4 is 11.9 Å². The fourth-order valence-electron chi connectivity index (χ4n) is 2.92. The Morgan fingerprint density at radius 3 is 2.53 bits per heavy atom. The molecule has 0 aliphatic carbocycles. The molecule has 0 aliphatic rings. The molecule has 158 valence electrons. The minimum absolute atomic E-state index is 0.201. The van der Waals surface area contributed by atoms with Crippen LogP contribution in [0.1, 0.15) is 45.9 Å². The Kier molecular flexibility index (Phi) is 6.34. The molecule has 0 saturated carbocycles. The van der Waals surface area contributed by atoms with Crippen molar-refractivity contribution in [3.63, 3.8) is 0 Å². The third-order valence-corrected chi connectivity index (χ3v) is 4.40. The molecule has 0 unspecified atom stereocenters. The molecule has 1 aromatic carbocycles. The summed E-state index contributed by atoms with van der Waals surface area (Å²) in [4.78, 5) is 12.2. The van der Waals surface area contributed by atoms with Crippen molar-refractivity contribution in [1.29, 1.82) is 0 Å². The summed E-state index contributed by atoms with van der Waals surface area (Å²) in [6, 6.07) is 7.17. The monoisotopic (exact) mass is 422 g/mol. The summed E-state index contributed by atoms with van der Waals surface area (Å²) >= 11 is 0. The number of rotatable bonds is 8. The molecular weight excluding hydrogens is 404 g/mol. The van der Waals surface area contributed by atoms with Gasteiger partial charge in [0.25, 0.3) is 12.9 Å². The average molecular weight is 422 g/mol. The SMILES string of the molecule is COc1ccc(/C=C/C(=O)c2ccnn2C)cc1Cn1nc(C(F)F)cc1C(F)F. The highest BCUT2D eigenvalue weighted by molar-refractivity contribution is 6.05. The highest BCUT2D eigenvalue weighted by Gasteiger charge is 2.22. The lowest BCUT2D eigenvalue weighted by Gasteiger charge is -2.12. The van der Waals surface area contributed by atoms with Crippen LogP contribution in [0.25, 0.3) is 6.08 Å². The van der Waals surface area contributed by atoms with Crippen molar-refractivity contribution in [2.24, 2.45) is 7.05 Å². The number of hydrogen-bond acceptors (Lipinski definition) is 4. The Labute approximate surface area is 169 Å². The van der Waals surface area contributed by atoms with Crippen molar-refractivity contribution in [1.82, 2.24) is 19.6 Å². The highest BCUT2D eigenvalue weighted by atomic mass is 19.3. The van der Waals surface area contributed by atoms with E-state index >= 15 is 0 Å². The predicted octanol–water partition coefficient (Wildman–Crippen LogP) is 4.44. The molecule has 2 aromatic heterocycles. The molecule has 0 N–H and O–H groups in total. The first-order valence-corrected chi connectivity index (χ1v) is 8.81. The van der Waals surface area contributed by atoms with Crippen LogP contribution in [0.15, 0.2) is 42.6 Å². The minimum Gasteiger partial charge on any atom is -0.496 e. The third kappa shape index (κ3) is 4.58. The van der Waals surface area contributed by atoms with E-state index in [4.69, 9.17) is 4.74 Å². The summed E-state index contributed by atoms with van der Waals surface area (Å²) in [5, 5.41) is 7.53. The van der Waals surface area contributed by atoms with Crippen LogP contribution in [0.3, 0.4) is 0 Å². The van der Waals surface area contributed by atoms with Gasteiger partial charge in [-0.2, -0.15) is 10.2 Å². The van der Waals surface area contributed by atoms with Gasteiger partial charge in [0, 0.05) is 18.8 Å². The molecule has 0 saturated heterocycles. The van der Waals surface area contributed by atoms with Gasteiger partial charge in [0.05, 0.1) is 13.7 Å². The Morgan fingerprint density at radius 1 is 1.17 bits per heavy atom. The van der Waals surface area contributed by atoms with Gasteiger partial charge in [-0.25, -0.2) is 17.6 Å². The molecule has 0 amide bonds. The summed E-state index contributed by atoms with van der Waals surface area (Å²) in [6.45, 7) is -0.201. The summed E-state index contributed by atoms with van der Waals surface area (Å²) in [5.74, 6) is 0.112. The van der Waals surface area contributed by atoms with E-state index in [1.807, 2.05) is 0 Å². The first-order valence-electron chi connectivity index (χ1n) is 8.81. The predicted molar refractivity (Wildman–Crippen MR) is 101 cm³/mol. The number of halogens is 4. The van der Waals surface area contributed by atoms with Gasteiger partial charge >= 0.3 is 0 Å². The summed E-state index contributed by atoms with van der Waals surface area (Å²) < 4.78 is 59.8. The second kappa shape index (κ2) is 8.93. The number of aromatic nitrogens is 4. The van der Waals surface area contributed by atoms with Gasteiger partial charge in [-0.05, 0) is 35.9 Å². The molecule has 0 atom stereocenters. The van der Waals surface area contributed by atoms with Crippen LogP contribution >= 0.6 is 0 Å². The van der Waals surface area contributed by atoms with Crippen molar-refractivity contribution in [2.75, 3.05) is 7.11 Å². The van der Waals surface area contributed by atoms with Crippen LogP contribution in [0, 0.1) is 0 Å². The van der Waals surface area contributed by atoms with E-state index in [9.17, 15) is 22.4 Å². The lowest BCUT2D eigenvalue weighted by Crippen LogP contribution is -2.08. The Balaban J connectivity index is 1.90. The topological polar surface area (TPSA) is 61.9 Å². The quantitative estimate of drug-likeness (QED) is 0.306. The molecule has 0 bridgehead atoms. The van der Waals surface area contributed by atoms with Crippen LogP contribution in [0.5, 0.6) is 5.75 Å². The number of benzene rings is 1. The number of ether oxygens (including phenoxy) is 1. The molecule has 0 spiro atoms. The fraction of sp³-hybridized carbons (Fsp3) is 0.250. The van der Waals surface area contributed by atoms with Gasteiger partial charge in [-0.1, -0.05) is 12.1 Å². The molecule has 2 heterocycles. The highest BCUT2D eigenvalue weighted by Crippen LogP contribution is 2.28. The molecule has 30 heavy (non-hydrogen) atoms. The van der Waals surface area contributed by atoms with Crippen LogP contribution in [-0.2, 0) is 13.6 Å². The second-order valence-electron chi connectivity index (χ2n) is 6.36. The van der Waals surface area contributed by atoms with Crippen LogP contribution in [0.2, 0.25) is 0 Å². The van der Waals surface area contributed by atoms with Crippen molar-refractivity contribution in [2.45, 2.75) is 19.4 Å². The number of carbonyl (C=O) groups is 1. The van der Waals surface area contributed by atoms with E-state index in [1.165, 1.54) is 24.1 Å². The maximum Gasteiger partial charge on any atom is 0.282 e. The molecule has 3 aromatic rings. The van der Waals surface area contributed by atoms with Crippen molar-refractivity contribution < 1.29 is 27.1 Å². The smallest absolute Gasteiger partial charge is 0.282 e. The van der Waals surface area contributed by atoms with Gasteiger partial charge in [-0.3, -0.25) is 14.2 Å². The van der Waals surface area contributed by atoms with E-state index in [0.717, 1.165) is 4.68 Å². The standard InChI is InChI=1S/C20H18F4N4O2/c1-27-15(7-8-25-27)17(29)5-3-12-4-6-18(30-2)13(9-12)11-28-16(20(23)24)10-14(26-28)19(21)22/h3-10,19-20H,11H2,1-2H3/b5-3+. The number of aryl methyl sites for hydroxylation is 1. The number of methoxy groups -OCH3 is 1. The Bertz CT molecular complexity index is 1070. The summed E-state index contributed by atoms with van der Waals surface area (Å²) in [6.07, 6.45) is -1.51. The molecule has 0 radical (unpaired) electrons. The second-order valence-corrected chi connectivity index (χ2v) is 6.36. The number of carbonyl (C=O) groups excluding carboxylic acids is 1. The normalized spacial score (nSPS) is 11.7. The van der Waals surface area contributed by atoms with Gasteiger partial charge < -0.3 is 4.74 Å². The van der Waals surface area contributed by atoms with Crippen molar-refractivity contribution in [3.05, 3.63) is 70.8 Å². The Hall–Kier alpha value is -3.43. The lowest BCUT2D eigenvalue weighted by atomic mass is 10.1. The third-order valence-electron chi connectivity index (χ3n) is 4.40. The zero-order valence-corrected chi connectivity index (χ0v) is 16.1. The largest absolute Gasteiger partial charge is 0.496 e. The summed E-state index contributed by atoms with van der Waals surface area (Å²) in [7, 11) is 3.05. The van der Waals surface area contributed by atoms with Crippen LogP contribution in [-0.4, -0.2) is 32.5 Å². The zero-order valence-electron chi connectivity index (χ0n) is 16.1. The molecule has 3 rings (SSSR count). The van der Waals surface area contributed by atoms with Gasteiger partial charge in [0.15, 0.2) is 0 Å². The first-order chi connectivity index (χ1) is 14.3. The molecule has 0 fully saturated rings. The molecule has 10 heteroatoms. The number of nitrogens with zero attached hydrogens (tertiary/aromatic N) is 4. The molecular formula is C20H18F4N4O2. The average Bonchev–Trinajstić information content (AvgIpc) is 3.33. The van der Waals surface area contributed by atoms with E-state index in [0.29, 0.717) is 28.6 Å². The minimum atomic E-state index is -2.96. The number of alkyl halides is 4. The number of allylic oxidation sites excluding steroid dienone is 1. The number of ketones is 1.